The van der Waals surface area contributed by atoms with E-state index in [4.69, 9.17) is 14.0 Å². The first kappa shape index (κ1) is 40.2. The Hall–Kier alpha value is -4.54. The summed E-state index contributed by atoms with van der Waals surface area (Å²) in [6.45, 7) is 7.21. The molecule has 3 heterocycles. The molecule has 0 aliphatic carbocycles. The van der Waals surface area contributed by atoms with Crippen molar-refractivity contribution < 1.29 is 43.4 Å². The number of hydrogen-bond donors (Lipinski definition) is 3. The topological polar surface area (TPSA) is 188 Å². The van der Waals surface area contributed by atoms with E-state index < -0.39 is 24.2 Å². The molecule has 15 nitrogen and oxygen atoms in total. The van der Waals surface area contributed by atoms with Crippen LogP contribution in [0.1, 0.15) is 62.5 Å². The number of carboxylic acid groups (broad SMARTS) is 1. The molecule has 16 heteroatoms. The fourth-order valence-electron chi connectivity index (χ4n) is 5.76. The van der Waals surface area contributed by atoms with Crippen LogP contribution in [0.15, 0.2) is 40.4 Å². The van der Waals surface area contributed by atoms with E-state index in [0.29, 0.717) is 38.4 Å². The SMILES string of the molecule is Cc1ncsc1-c1ccc(CNC(=O)[C@@H]2C[C@@H](O)CN2C(=O)[C@@H](C)C(C)c2cc(OCCCCOCCN(CCC(=O)N(C)C)C(=O)O)no2)cc1. The highest BCUT2D eigenvalue weighted by molar-refractivity contribution is 7.13. The van der Waals surface area contributed by atoms with Gasteiger partial charge in [0.25, 0.3) is 5.88 Å². The summed E-state index contributed by atoms with van der Waals surface area (Å²) in [6, 6.07) is 8.77. The van der Waals surface area contributed by atoms with Gasteiger partial charge in [-0.3, -0.25) is 14.4 Å². The third-order valence-electron chi connectivity index (χ3n) is 9.19. The lowest BCUT2D eigenvalue weighted by molar-refractivity contribution is -0.142. The van der Waals surface area contributed by atoms with Crippen LogP contribution in [0.25, 0.3) is 10.4 Å². The number of hydrogen-bond acceptors (Lipinski definition) is 11. The summed E-state index contributed by atoms with van der Waals surface area (Å²) in [5, 5.41) is 26.7. The highest BCUT2D eigenvalue weighted by Crippen LogP contribution is 2.31. The van der Waals surface area contributed by atoms with Gasteiger partial charge in [-0.05, 0) is 36.0 Å². The smallest absolute Gasteiger partial charge is 0.407 e. The van der Waals surface area contributed by atoms with E-state index in [1.54, 1.807) is 38.4 Å². The van der Waals surface area contributed by atoms with E-state index in [1.165, 1.54) is 14.7 Å². The molecule has 1 aromatic carbocycles. The average molecular weight is 743 g/mol. The molecule has 0 bridgehead atoms. The molecule has 0 radical (unpaired) electrons. The quantitative estimate of drug-likeness (QED) is 0.152. The minimum Gasteiger partial charge on any atom is -0.476 e. The number of nitrogens with one attached hydrogen (secondary N) is 1. The van der Waals surface area contributed by atoms with Gasteiger partial charge in [0.1, 0.15) is 11.8 Å². The monoisotopic (exact) mass is 742 g/mol. The summed E-state index contributed by atoms with van der Waals surface area (Å²) >= 11 is 1.58. The molecular weight excluding hydrogens is 692 g/mol. The highest BCUT2D eigenvalue weighted by Gasteiger charge is 2.41. The van der Waals surface area contributed by atoms with Crippen molar-refractivity contribution in [3.63, 3.8) is 0 Å². The van der Waals surface area contributed by atoms with E-state index in [1.807, 2.05) is 43.6 Å². The summed E-state index contributed by atoms with van der Waals surface area (Å²) in [5.74, 6) is -0.905. The normalized spacial score (nSPS) is 16.7. The van der Waals surface area contributed by atoms with E-state index >= 15 is 0 Å². The zero-order valence-electron chi connectivity index (χ0n) is 30.4. The molecule has 1 fully saturated rings. The van der Waals surface area contributed by atoms with Crippen LogP contribution in [0.3, 0.4) is 0 Å². The lowest BCUT2D eigenvalue weighted by atomic mass is 9.92. The van der Waals surface area contributed by atoms with Gasteiger partial charge >= 0.3 is 6.09 Å². The van der Waals surface area contributed by atoms with Gasteiger partial charge in [-0.15, -0.1) is 11.3 Å². The molecule has 1 aliphatic rings. The molecular formula is C36H50N6O9S. The van der Waals surface area contributed by atoms with Gasteiger partial charge in [0.05, 0.1) is 35.4 Å². The number of likely N-dealkylation sites (tertiary alicyclic amines) is 1. The molecule has 4 amide bonds. The number of aliphatic hydroxyl groups is 1. The van der Waals surface area contributed by atoms with E-state index in [9.17, 15) is 29.4 Å². The van der Waals surface area contributed by atoms with Crippen molar-refractivity contribution in [1.82, 2.24) is 30.2 Å². The predicted molar refractivity (Wildman–Crippen MR) is 193 cm³/mol. The van der Waals surface area contributed by atoms with Gasteiger partial charge in [-0.25, -0.2) is 9.78 Å². The molecule has 4 atom stereocenters. The molecule has 0 saturated carbocycles. The van der Waals surface area contributed by atoms with Crippen molar-refractivity contribution in [2.45, 2.75) is 71.1 Å². The molecule has 1 saturated heterocycles. The van der Waals surface area contributed by atoms with E-state index in [-0.39, 0.29) is 68.6 Å². The Kier molecular flexibility index (Phi) is 15.0. The lowest BCUT2D eigenvalue weighted by Crippen LogP contribution is -2.48. The molecule has 3 N–H and O–H groups in total. The molecule has 1 unspecified atom stereocenters. The van der Waals surface area contributed by atoms with Gasteiger partial charge < -0.3 is 44.2 Å². The molecule has 0 spiro atoms. The van der Waals surface area contributed by atoms with Crippen LogP contribution in [-0.4, -0.2) is 125 Å². The third-order valence-corrected chi connectivity index (χ3v) is 10.2. The predicted octanol–water partition coefficient (Wildman–Crippen LogP) is 3.76. The number of β-amino-alcohol motifs (C(OH)–C–C–N with tert-alkyl or cyclic N) is 1. The standard InChI is InChI=1S/C36H50N6O9S/c1-23(30-19-31(39-51-30)50-16-7-6-15-49-17-14-41(36(47)48)13-12-32(44)40(4)5)24(2)35(46)42-21-28(43)18-29(42)34(45)37-20-26-8-10-27(11-9-26)33-25(3)38-22-52-33/h8-11,19,22-24,28-29,43H,6-7,12-18,20-21H2,1-5H3,(H,37,45)(H,47,48)/t23?,24-,28+,29-/m0/s1. The number of amides is 4. The molecule has 4 rings (SSSR count). The van der Waals surface area contributed by atoms with E-state index in [0.717, 1.165) is 21.7 Å². The van der Waals surface area contributed by atoms with Gasteiger partial charge in [0.2, 0.25) is 17.7 Å². The minimum absolute atomic E-state index is 0.0704. The maximum Gasteiger partial charge on any atom is 0.407 e. The minimum atomic E-state index is -1.10. The first-order chi connectivity index (χ1) is 24.8. The van der Waals surface area contributed by atoms with Gasteiger partial charge in [0, 0.05) is 77.6 Å². The fraction of sp³-hybridized carbons (Fsp3) is 0.556. The molecule has 284 valence electrons. The Morgan fingerprint density at radius 1 is 1.10 bits per heavy atom. The van der Waals surface area contributed by atoms with Crippen molar-refractivity contribution in [1.29, 1.82) is 0 Å². The number of rotatable bonds is 19. The number of ether oxygens (including phenoxy) is 2. The Morgan fingerprint density at radius 2 is 1.83 bits per heavy atom. The number of thiazole rings is 1. The fourth-order valence-corrected chi connectivity index (χ4v) is 6.57. The first-order valence-corrected chi connectivity index (χ1v) is 18.3. The van der Waals surface area contributed by atoms with Crippen molar-refractivity contribution in [3.8, 4) is 16.3 Å². The number of unbranched alkanes of at least 4 members (excludes halogenated alkanes) is 1. The summed E-state index contributed by atoms with van der Waals surface area (Å²) in [7, 11) is 3.25. The largest absolute Gasteiger partial charge is 0.476 e. The maximum atomic E-state index is 13.6. The Morgan fingerprint density at radius 3 is 2.50 bits per heavy atom. The van der Waals surface area contributed by atoms with Crippen LogP contribution in [-0.2, 0) is 25.7 Å². The molecule has 52 heavy (non-hydrogen) atoms. The van der Waals surface area contributed by atoms with Crippen molar-refractivity contribution in [2.24, 2.45) is 5.92 Å². The summed E-state index contributed by atoms with van der Waals surface area (Å²) < 4.78 is 16.8. The number of nitrogens with zero attached hydrogens (tertiary/aromatic N) is 5. The second-order valence-electron chi connectivity index (χ2n) is 13.2. The van der Waals surface area contributed by atoms with Crippen LogP contribution >= 0.6 is 11.3 Å². The number of aliphatic hydroxyl groups excluding tert-OH is 1. The summed E-state index contributed by atoms with van der Waals surface area (Å²) in [6.07, 6.45) is -0.290. The molecule has 3 aromatic rings. The highest BCUT2D eigenvalue weighted by atomic mass is 32.1. The lowest BCUT2D eigenvalue weighted by Gasteiger charge is -2.28. The van der Waals surface area contributed by atoms with Crippen LogP contribution in [0.4, 0.5) is 4.79 Å². The molecule has 1 aliphatic heterocycles. The number of carbonyl (C=O) groups is 4. The first-order valence-electron chi connectivity index (χ1n) is 17.5. The van der Waals surface area contributed by atoms with Crippen molar-refractivity contribution in [3.05, 3.63) is 52.9 Å². The number of aromatic nitrogens is 2. The van der Waals surface area contributed by atoms with Gasteiger partial charge in [0.15, 0.2) is 0 Å². The van der Waals surface area contributed by atoms with Crippen LogP contribution < -0.4 is 10.1 Å². The zero-order valence-corrected chi connectivity index (χ0v) is 31.3. The number of aryl methyl sites for hydroxylation is 1. The third kappa shape index (κ3) is 11.2. The van der Waals surface area contributed by atoms with Crippen LogP contribution in [0.2, 0.25) is 0 Å². The average Bonchev–Trinajstić information content (AvgIpc) is 3.88. The van der Waals surface area contributed by atoms with Crippen molar-refractivity contribution >= 4 is 35.2 Å². The zero-order chi connectivity index (χ0) is 37.8. The maximum absolute atomic E-state index is 13.6. The van der Waals surface area contributed by atoms with Gasteiger partial charge in [-0.1, -0.05) is 38.1 Å². The summed E-state index contributed by atoms with van der Waals surface area (Å²) in [4.78, 5) is 59.5. The van der Waals surface area contributed by atoms with Crippen molar-refractivity contribution in [2.75, 3.05) is 53.6 Å². The van der Waals surface area contributed by atoms with E-state index in [2.05, 4.69) is 15.5 Å². The summed E-state index contributed by atoms with van der Waals surface area (Å²) in [5.41, 5.74) is 4.77. The number of carbonyl (C=O) groups excluding carboxylic acids is 3. The van der Waals surface area contributed by atoms with Crippen LogP contribution in [0, 0.1) is 12.8 Å². The Balaban J connectivity index is 1.17. The molecule has 2 aromatic heterocycles. The van der Waals surface area contributed by atoms with Crippen LogP contribution in [0.5, 0.6) is 5.88 Å². The Labute approximate surface area is 307 Å². The Bertz CT molecular complexity index is 1630. The second kappa shape index (κ2) is 19.3. The van der Waals surface area contributed by atoms with Gasteiger partial charge in [-0.2, -0.15) is 0 Å². The second-order valence-corrected chi connectivity index (χ2v) is 14.1. The number of benzene rings is 1.